The minimum absolute atomic E-state index is 0.0224. The summed E-state index contributed by atoms with van der Waals surface area (Å²) in [6.45, 7) is 3.90. The van der Waals surface area contributed by atoms with Crippen LogP contribution in [0.4, 0.5) is 5.69 Å². The molecule has 2 rings (SSSR count). The number of rotatable bonds is 8. The van der Waals surface area contributed by atoms with Crippen LogP contribution in [0.1, 0.15) is 32.3 Å². The first-order valence-electron chi connectivity index (χ1n) is 8.67. The number of carbonyl (C=O) groups excluding carboxylic acids is 2. The number of halogens is 2. The number of carbonyl (C=O) groups is 2. The number of nitrogens with zero attached hydrogens (tertiary/aromatic N) is 1. The molecule has 0 aliphatic heterocycles. The van der Waals surface area contributed by atoms with Gasteiger partial charge in [-0.1, -0.05) is 17.7 Å². The minimum atomic E-state index is -0.351. The van der Waals surface area contributed by atoms with E-state index < -0.39 is 0 Å². The molecule has 148 valence electrons. The van der Waals surface area contributed by atoms with Gasteiger partial charge in [0.1, 0.15) is 5.75 Å². The van der Waals surface area contributed by atoms with Crippen molar-refractivity contribution in [2.24, 2.45) is 5.10 Å². The van der Waals surface area contributed by atoms with Gasteiger partial charge in [-0.25, -0.2) is 5.43 Å². The van der Waals surface area contributed by atoms with E-state index in [0.29, 0.717) is 10.7 Å². The fraction of sp³-hybridized carbons (Fsp3) is 0.250. The van der Waals surface area contributed by atoms with E-state index in [2.05, 4.69) is 31.8 Å². The normalized spacial score (nSPS) is 10.9. The number of ether oxygens (including phenoxy) is 1. The first kappa shape index (κ1) is 21.9. The van der Waals surface area contributed by atoms with Gasteiger partial charge in [-0.3, -0.25) is 9.59 Å². The molecule has 0 saturated heterocycles. The second-order valence-electron chi connectivity index (χ2n) is 6.21. The highest BCUT2D eigenvalue weighted by atomic mass is 79.9. The molecule has 2 aromatic rings. The molecule has 0 bridgehead atoms. The standard InChI is InChI=1S/C20H21BrClN3O3/c1-13(2)28-18-7-6-14(10-17(18)21)12-23-25-20(27)9-8-19(26)24-16-5-3-4-15(22)11-16/h3-7,10-13H,8-9H2,1-2H3,(H,24,26)(H,25,27). The second kappa shape index (κ2) is 10.8. The van der Waals surface area contributed by atoms with Gasteiger partial charge in [0.25, 0.3) is 0 Å². The Balaban J connectivity index is 1.77. The molecule has 0 fully saturated rings. The monoisotopic (exact) mass is 465 g/mol. The largest absolute Gasteiger partial charge is 0.490 e. The lowest BCUT2D eigenvalue weighted by Crippen LogP contribution is -2.20. The average Bonchev–Trinajstić information content (AvgIpc) is 2.62. The summed E-state index contributed by atoms with van der Waals surface area (Å²) in [5.41, 5.74) is 3.79. The predicted octanol–water partition coefficient (Wildman–Crippen LogP) is 4.76. The highest BCUT2D eigenvalue weighted by molar-refractivity contribution is 9.10. The Bertz CT molecular complexity index is 872. The topological polar surface area (TPSA) is 79.8 Å². The average molecular weight is 467 g/mol. The molecule has 2 amide bonds. The Kier molecular flexibility index (Phi) is 8.47. The number of amides is 2. The van der Waals surface area contributed by atoms with Gasteiger partial charge in [0, 0.05) is 23.6 Å². The Morgan fingerprint density at radius 2 is 1.93 bits per heavy atom. The fourth-order valence-electron chi connectivity index (χ4n) is 2.20. The summed E-state index contributed by atoms with van der Waals surface area (Å²) >= 11 is 9.30. The summed E-state index contributed by atoms with van der Waals surface area (Å²) in [6, 6.07) is 12.3. The predicted molar refractivity (Wildman–Crippen MR) is 115 cm³/mol. The molecule has 0 atom stereocenters. The van der Waals surface area contributed by atoms with Crippen molar-refractivity contribution in [2.45, 2.75) is 32.8 Å². The number of nitrogens with one attached hydrogen (secondary N) is 2. The molecule has 0 radical (unpaired) electrons. The molecule has 0 aliphatic rings. The van der Waals surface area contributed by atoms with Crippen molar-refractivity contribution >= 4 is 51.2 Å². The van der Waals surface area contributed by atoms with E-state index >= 15 is 0 Å². The molecule has 0 aromatic heterocycles. The van der Waals surface area contributed by atoms with E-state index in [1.165, 1.54) is 6.21 Å². The SMILES string of the molecule is CC(C)Oc1ccc(C=NNC(=O)CCC(=O)Nc2cccc(Cl)c2)cc1Br. The third-order valence-corrected chi connectivity index (χ3v) is 4.26. The second-order valence-corrected chi connectivity index (χ2v) is 7.50. The van der Waals surface area contributed by atoms with Crippen molar-refractivity contribution < 1.29 is 14.3 Å². The molecule has 0 aliphatic carbocycles. The van der Waals surface area contributed by atoms with Crippen molar-refractivity contribution in [1.29, 1.82) is 0 Å². The summed E-state index contributed by atoms with van der Waals surface area (Å²) in [4.78, 5) is 23.7. The lowest BCUT2D eigenvalue weighted by atomic mass is 10.2. The van der Waals surface area contributed by atoms with E-state index in [1.54, 1.807) is 24.3 Å². The molecule has 6 nitrogen and oxygen atoms in total. The summed E-state index contributed by atoms with van der Waals surface area (Å²) in [5, 5.41) is 7.13. The van der Waals surface area contributed by atoms with Crippen LogP contribution in [-0.4, -0.2) is 24.1 Å². The fourth-order valence-corrected chi connectivity index (χ4v) is 2.88. The Labute approximate surface area is 177 Å². The maximum absolute atomic E-state index is 11.9. The van der Waals surface area contributed by atoms with Gasteiger partial charge < -0.3 is 10.1 Å². The van der Waals surface area contributed by atoms with Gasteiger partial charge in [0.05, 0.1) is 16.8 Å². The number of hydrogen-bond acceptors (Lipinski definition) is 4. The van der Waals surface area contributed by atoms with E-state index in [-0.39, 0.29) is 30.8 Å². The zero-order chi connectivity index (χ0) is 20.5. The van der Waals surface area contributed by atoms with E-state index in [4.69, 9.17) is 16.3 Å². The molecule has 28 heavy (non-hydrogen) atoms. The number of benzene rings is 2. The summed E-state index contributed by atoms with van der Waals surface area (Å²) in [6.07, 6.45) is 1.66. The molecule has 0 saturated carbocycles. The quantitative estimate of drug-likeness (QED) is 0.435. The van der Waals surface area contributed by atoms with Gasteiger partial charge in [-0.05, 0) is 71.7 Å². The van der Waals surface area contributed by atoms with Crippen molar-refractivity contribution in [3.05, 3.63) is 57.5 Å². The minimum Gasteiger partial charge on any atom is -0.490 e. The third kappa shape index (κ3) is 7.70. The van der Waals surface area contributed by atoms with Gasteiger partial charge >= 0.3 is 0 Å². The van der Waals surface area contributed by atoms with Crippen LogP contribution in [-0.2, 0) is 9.59 Å². The molecule has 8 heteroatoms. The summed E-state index contributed by atoms with van der Waals surface area (Å²) < 4.78 is 6.44. The lowest BCUT2D eigenvalue weighted by molar-refractivity contribution is -0.124. The molecule has 0 heterocycles. The van der Waals surface area contributed by atoms with Crippen LogP contribution in [0.5, 0.6) is 5.75 Å². The van der Waals surface area contributed by atoms with Crippen molar-refractivity contribution in [3.63, 3.8) is 0 Å². The van der Waals surface area contributed by atoms with E-state index in [1.807, 2.05) is 32.0 Å². The number of hydrogen-bond donors (Lipinski definition) is 2. The number of anilines is 1. The molecule has 0 spiro atoms. The van der Waals surface area contributed by atoms with Crippen LogP contribution in [0.15, 0.2) is 52.0 Å². The van der Waals surface area contributed by atoms with E-state index in [9.17, 15) is 9.59 Å². The Morgan fingerprint density at radius 3 is 2.61 bits per heavy atom. The van der Waals surface area contributed by atoms with Crippen molar-refractivity contribution in [2.75, 3.05) is 5.32 Å². The van der Waals surface area contributed by atoms with Gasteiger partial charge in [0.2, 0.25) is 11.8 Å². The summed E-state index contributed by atoms with van der Waals surface area (Å²) in [7, 11) is 0. The van der Waals surface area contributed by atoms with E-state index in [0.717, 1.165) is 15.8 Å². The van der Waals surface area contributed by atoms with Crippen molar-refractivity contribution in [3.8, 4) is 5.75 Å². The molecule has 2 N–H and O–H groups in total. The van der Waals surface area contributed by atoms with Gasteiger partial charge in [-0.15, -0.1) is 0 Å². The zero-order valence-corrected chi connectivity index (χ0v) is 17.9. The van der Waals surface area contributed by atoms with Crippen LogP contribution < -0.4 is 15.5 Å². The third-order valence-electron chi connectivity index (χ3n) is 3.41. The van der Waals surface area contributed by atoms with Gasteiger partial charge in [-0.2, -0.15) is 5.10 Å². The smallest absolute Gasteiger partial charge is 0.240 e. The van der Waals surface area contributed by atoms with Crippen LogP contribution in [0.2, 0.25) is 5.02 Å². The molecular formula is C20H21BrClN3O3. The van der Waals surface area contributed by atoms with Crippen molar-refractivity contribution in [1.82, 2.24) is 5.43 Å². The maximum atomic E-state index is 11.9. The molecular weight excluding hydrogens is 446 g/mol. The number of hydrazone groups is 1. The summed E-state index contributed by atoms with van der Waals surface area (Å²) in [5.74, 6) is 0.115. The molecule has 2 aromatic carbocycles. The molecule has 0 unspecified atom stereocenters. The van der Waals surface area contributed by atoms with Crippen LogP contribution in [0.25, 0.3) is 0 Å². The van der Waals surface area contributed by atoms with Gasteiger partial charge in [0.15, 0.2) is 0 Å². The van der Waals surface area contributed by atoms with Crippen LogP contribution in [0.3, 0.4) is 0 Å². The maximum Gasteiger partial charge on any atom is 0.240 e. The highest BCUT2D eigenvalue weighted by Gasteiger charge is 2.07. The van der Waals surface area contributed by atoms with Crippen LogP contribution >= 0.6 is 27.5 Å². The van der Waals surface area contributed by atoms with Crippen LogP contribution in [0, 0.1) is 0 Å². The zero-order valence-electron chi connectivity index (χ0n) is 15.5. The highest BCUT2D eigenvalue weighted by Crippen LogP contribution is 2.26. The Hall–Kier alpha value is -2.38. The lowest BCUT2D eigenvalue weighted by Gasteiger charge is -2.11. The first-order chi connectivity index (χ1) is 13.3. The Morgan fingerprint density at radius 1 is 1.18 bits per heavy atom. The first-order valence-corrected chi connectivity index (χ1v) is 9.84.